The van der Waals surface area contributed by atoms with Crippen molar-refractivity contribution in [3.63, 3.8) is 0 Å². The number of carbonyl (C=O) groups excluding carboxylic acids is 2. The number of para-hydroxylation sites is 1. The topological polar surface area (TPSA) is 98.0 Å². The summed E-state index contributed by atoms with van der Waals surface area (Å²) in [4.78, 5) is 32.2. The van der Waals surface area contributed by atoms with Gasteiger partial charge in [0.2, 0.25) is 0 Å². The largest absolute Gasteiger partial charge is 0.396 e. The number of imide groups is 1. The van der Waals surface area contributed by atoms with E-state index in [2.05, 4.69) is 15.3 Å². The van der Waals surface area contributed by atoms with Crippen LogP contribution in [0, 0.1) is 0 Å². The highest BCUT2D eigenvalue weighted by atomic mass is 16.3. The number of amides is 2. The van der Waals surface area contributed by atoms with Gasteiger partial charge in [0.15, 0.2) is 0 Å². The molecule has 1 aliphatic rings. The summed E-state index contributed by atoms with van der Waals surface area (Å²) in [5, 5.41) is 16.2. The first-order chi connectivity index (χ1) is 13.7. The van der Waals surface area contributed by atoms with Crippen LogP contribution in [0.5, 0.6) is 0 Å². The molecule has 0 unspecified atom stereocenters. The summed E-state index contributed by atoms with van der Waals surface area (Å²) in [7, 11) is 0. The van der Waals surface area contributed by atoms with Crippen molar-refractivity contribution in [3.8, 4) is 0 Å². The second-order valence-electron chi connectivity index (χ2n) is 7.15. The van der Waals surface area contributed by atoms with Gasteiger partial charge < -0.3 is 15.1 Å². The average molecular weight is 369 g/mol. The van der Waals surface area contributed by atoms with Crippen molar-refractivity contribution < 1.29 is 14.7 Å². The number of aromatic amines is 2. The minimum Gasteiger partial charge on any atom is -0.396 e. The highest BCUT2D eigenvalue weighted by molar-refractivity contribution is 6.39. The van der Waals surface area contributed by atoms with Gasteiger partial charge in [0.25, 0.3) is 11.8 Å². The first kappa shape index (κ1) is 15.4. The molecule has 1 aliphatic heterocycles. The summed E-state index contributed by atoms with van der Waals surface area (Å²) >= 11 is 0. The molecule has 6 rings (SSSR count). The number of H-pyrrole nitrogens is 2. The molecular weight excluding hydrogens is 354 g/mol. The number of aliphatic hydroxyl groups excluding tert-OH is 1. The Labute approximate surface area is 158 Å². The summed E-state index contributed by atoms with van der Waals surface area (Å²) in [6.07, 6.45) is 2.34. The molecule has 2 amide bonds. The van der Waals surface area contributed by atoms with Crippen molar-refractivity contribution in [2.24, 2.45) is 0 Å². The molecule has 136 valence electrons. The van der Waals surface area contributed by atoms with Crippen LogP contribution in [0.15, 0.2) is 42.6 Å². The van der Waals surface area contributed by atoms with Gasteiger partial charge in [-0.2, -0.15) is 0 Å². The molecule has 0 saturated heterocycles. The maximum Gasteiger partial charge on any atom is 0.259 e. The Morgan fingerprint density at radius 1 is 0.821 bits per heavy atom. The van der Waals surface area contributed by atoms with Crippen LogP contribution in [0.25, 0.3) is 43.5 Å². The summed E-state index contributed by atoms with van der Waals surface area (Å²) in [5.74, 6) is -0.737. The molecule has 0 bridgehead atoms. The zero-order valence-corrected chi connectivity index (χ0v) is 14.7. The number of hydrogen-bond acceptors (Lipinski definition) is 3. The molecule has 6 heteroatoms. The van der Waals surface area contributed by atoms with Gasteiger partial charge >= 0.3 is 0 Å². The van der Waals surface area contributed by atoms with E-state index in [0.717, 1.165) is 49.0 Å². The standard InChI is InChI=1S/C22H15N3O3/c26-9-7-10-2-1-3-12-15-17-16(21(27)25-22(17)28)14-13(20(15)24-18(10)12)5-4-11-6-8-23-19(11)14/h1-6,8,23-24,26H,7,9H2,(H,25,27,28). The van der Waals surface area contributed by atoms with E-state index in [4.69, 9.17) is 0 Å². The molecule has 0 fully saturated rings. The van der Waals surface area contributed by atoms with E-state index >= 15 is 0 Å². The third-order valence-electron chi connectivity index (χ3n) is 5.73. The molecule has 0 aliphatic carbocycles. The molecule has 0 spiro atoms. The van der Waals surface area contributed by atoms with Crippen molar-refractivity contribution in [2.75, 3.05) is 6.61 Å². The zero-order chi connectivity index (χ0) is 19.0. The predicted molar refractivity (Wildman–Crippen MR) is 108 cm³/mol. The third kappa shape index (κ3) is 1.75. The van der Waals surface area contributed by atoms with E-state index in [1.807, 2.05) is 42.6 Å². The predicted octanol–water partition coefficient (Wildman–Crippen LogP) is 3.37. The van der Waals surface area contributed by atoms with E-state index in [1.54, 1.807) is 0 Å². The first-order valence-electron chi connectivity index (χ1n) is 9.14. The smallest absolute Gasteiger partial charge is 0.259 e. The molecular formula is C22H15N3O3. The maximum atomic E-state index is 12.8. The first-order valence-corrected chi connectivity index (χ1v) is 9.14. The summed E-state index contributed by atoms with van der Waals surface area (Å²) in [5.41, 5.74) is 4.38. The van der Waals surface area contributed by atoms with Crippen LogP contribution in [-0.2, 0) is 6.42 Å². The SMILES string of the molecule is O=C1NC(=O)c2c1c1c(ccc3cc[nH]c31)c1[nH]c3c(CCO)cccc3c21. The Kier molecular flexibility index (Phi) is 2.87. The van der Waals surface area contributed by atoms with Gasteiger partial charge in [-0.15, -0.1) is 0 Å². The molecule has 4 N–H and O–H groups in total. The van der Waals surface area contributed by atoms with Crippen molar-refractivity contribution in [3.05, 3.63) is 59.3 Å². The van der Waals surface area contributed by atoms with Gasteiger partial charge in [0.05, 0.1) is 22.2 Å². The van der Waals surface area contributed by atoms with Gasteiger partial charge in [0.1, 0.15) is 0 Å². The fourth-order valence-electron chi connectivity index (χ4n) is 4.60. The molecule has 6 nitrogen and oxygen atoms in total. The van der Waals surface area contributed by atoms with Crippen molar-refractivity contribution >= 4 is 55.3 Å². The van der Waals surface area contributed by atoms with Crippen LogP contribution in [0.2, 0.25) is 0 Å². The van der Waals surface area contributed by atoms with E-state index in [1.165, 1.54) is 0 Å². The second kappa shape index (κ2) is 5.21. The lowest BCUT2D eigenvalue weighted by Crippen LogP contribution is -2.20. The van der Waals surface area contributed by atoms with Gasteiger partial charge in [-0.3, -0.25) is 14.9 Å². The van der Waals surface area contributed by atoms with Crippen LogP contribution < -0.4 is 5.32 Å². The van der Waals surface area contributed by atoms with Crippen LogP contribution in [-0.4, -0.2) is 33.5 Å². The van der Waals surface area contributed by atoms with Crippen LogP contribution in [0.1, 0.15) is 26.3 Å². The number of hydrogen-bond donors (Lipinski definition) is 4. The molecule has 5 aromatic rings. The number of aliphatic hydroxyl groups is 1. The number of rotatable bonds is 2. The van der Waals surface area contributed by atoms with Crippen molar-refractivity contribution in [1.29, 1.82) is 0 Å². The molecule has 28 heavy (non-hydrogen) atoms. The molecule has 0 atom stereocenters. The molecule has 3 aromatic carbocycles. The minimum absolute atomic E-state index is 0.0371. The van der Waals surface area contributed by atoms with E-state index in [-0.39, 0.29) is 18.4 Å². The Bertz CT molecular complexity index is 1490. The van der Waals surface area contributed by atoms with Gasteiger partial charge in [0, 0.05) is 45.3 Å². The fourth-order valence-corrected chi connectivity index (χ4v) is 4.60. The van der Waals surface area contributed by atoms with Gasteiger partial charge in [-0.25, -0.2) is 0 Å². The van der Waals surface area contributed by atoms with Crippen LogP contribution >= 0.6 is 0 Å². The Balaban J connectivity index is 1.94. The molecule has 0 radical (unpaired) electrons. The highest BCUT2D eigenvalue weighted by Crippen LogP contribution is 2.42. The third-order valence-corrected chi connectivity index (χ3v) is 5.73. The lowest BCUT2D eigenvalue weighted by Gasteiger charge is -2.07. The Morgan fingerprint density at radius 3 is 2.36 bits per heavy atom. The van der Waals surface area contributed by atoms with Crippen molar-refractivity contribution in [1.82, 2.24) is 15.3 Å². The lowest BCUT2D eigenvalue weighted by molar-refractivity contribution is 0.0880. The van der Waals surface area contributed by atoms with Gasteiger partial charge in [-0.05, 0) is 18.1 Å². The van der Waals surface area contributed by atoms with Crippen LogP contribution in [0.3, 0.4) is 0 Å². The van der Waals surface area contributed by atoms with Gasteiger partial charge in [-0.1, -0.05) is 30.3 Å². The quantitative estimate of drug-likeness (QED) is 0.359. The summed E-state index contributed by atoms with van der Waals surface area (Å²) in [6.45, 7) is 0.0371. The molecule has 2 aromatic heterocycles. The van der Waals surface area contributed by atoms with Crippen molar-refractivity contribution in [2.45, 2.75) is 6.42 Å². The maximum absolute atomic E-state index is 12.8. The number of benzene rings is 3. The summed E-state index contributed by atoms with van der Waals surface area (Å²) < 4.78 is 0. The fraction of sp³-hybridized carbons (Fsp3) is 0.0909. The normalized spacial score (nSPS) is 13.9. The monoisotopic (exact) mass is 369 g/mol. The second-order valence-corrected chi connectivity index (χ2v) is 7.15. The van der Waals surface area contributed by atoms with Crippen LogP contribution in [0.4, 0.5) is 0 Å². The zero-order valence-electron chi connectivity index (χ0n) is 14.7. The summed E-state index contributed by atoms with van der Waals surface area (Å²) in [6, 6.07) is 11.8. The van der Waals surface area contributed by atoms with E-state index in [0.29, 0.717) is 17.5 Å². The minimum atomic E-state index is -0.371. The Morgan fingerprint density at radius 2 is 1.57 bits per heavy atom. The molecule has 0 saturated carbocycles. The number of carbonyl (C=O) groups is 2. The van der Waals surface area contributed by atoms with E-state index < -0.39 is 0 Å². The number of aromatic nitrogens is 2. The highest BCUT2D eigenvalue weighted by Gasteiger charge is 2.34. The Hall–Kier alpha value is -3.64. The lowest BCUT2D eigenvalue weighted by atomic mass is 9.93. The number of fused-ring (bicyclic) bond motifs is 10. The molecule has 3 heterocycles. The number of nitrogens with one attached hydrogen (secondary N) is 3. The van der Waals surface area contributed by atoms with E-state index in [9.17, 15) is 14.7 Å². The average Bonchev–Trinajstić information content (AvgIpc) is 3.38.